The molecular formula is C12H14N4. The van der Waals surface area contributed by atoms with E-state index >= 15 is 0 Å². The average Bonchev–Trinajstić information content (AvgIpc) is 2.54. The Bertz CT molecular complexity index is 562. The van der Waals surface area contributed by atoms with Crippen molar-refractivity contribution in [2.24, 2.45) is 7.05 Å². The van der Waals surface area contributed by atoms with E-state index in [2.05, 4.69) is 16.4 Å². The summed E-state index contributed by atoms with van der Waals surface area (Å²) in [5, 5.41) is 11.8. The Morgan fingerprint density at radius 3 is 2.94 bits per heavy atom. The van der Waals surface area contributed by atoms with Gasteiger partial charge in [-0.25, -0.2) is 4.98 Å². The second-order valence-corrected chi connectivity index (χ2v) is 3.92. The first-order valence-corrected chi connectivity index (χ1v) is 5.21. The highest BCUT2D eigenvalue weighted by Crippen LogP contribution is 2.19. The van der Waals surface area contributed by atoms with Crippen LogP contribution >= 0.6 is 0 Å². The van der Waals surface area contributed by atoms with Gasteiger partial charge in [0.25, 0.3) is 0 Å². The molecule has 4 heteroatoms. The standard InChI is InChI=1S/C12H14N4/c1-8(7-13)14-10-4-5-12-11(6-10)15-9(2)16(12)3/h4-6,8,14H,1-3H3. The Balaban J connectivity index is 2.42. The summed E-state index contributed by atoms with van der Waals surface area (Å²) in [4.78, 5) is 4.45. The predicted octanol–water partition coefficient (Wildman–Crippen LogP) is 2.21. The zero-order valence-electron chi connectivity index (χ0n) is 9.65. The molecule has 0 aliphatic heterocycles. The molecule has 16 heavy (non-hydrogen) atoms. The molecule has 1 unspecified atom stereocenters. The topological polar surface area (TPSA) is 53.6 Å². The normalized spacial score (nSPS) is 12.4. The summed E-state index contributed by atoms with van der Waals surface area (Å²) in [6, 6.07) is 7.90. The zero-order chi connectivity index (χ0) is 11.7. The molecule has 2 aromatic rings. The van der Waals surface area contributed by atoms with Gasteiger partial charge in [0.15, 0.2) is 0 Å². The maximum Gasteiger partial charge on any atom is 0.111 e. The number of nitrogens with one attached hydrogen (secondary N) is 1. The van der Waals surface area contributed by atoms with Gasteiger partial charge in [-0.3, -0.25) is 0 Å². The van der Waals surface area contributed by atoms with Gasteiger partial charge < -0.3 is 9.88 Å². The molecule has 0 spiro atoms. The lowest BCUT2D eigenvalue weighted by molar-refractivity contribution is 0.886. The van der Waals surface area contributed by atoms with Crippen molar-refractivity contribution in [3.63, 3.8) is 0 Å². The van der Waals surface area contributed by atoms with Crippen LogP contribution in [0.25, 0.3) is 11.0 Å². The number of anilines is 1. The fraction of sp³-hybridized carbons (Fsp3) is 0.333. The Kier molecular flexibility index (Phi) is 2.53. The lowest BCUT2D eigenvalue weighted by Crippen LogP contribution is -2.11. The fourth-order valence-electron chi connectivity index (χ4n) is 1.69. The summed E-state index contributed by atoms with van der Waals surface area (Å²) < 4.78 is 2.05. The van der Waals surface area contributed by atoms with Crippen LogP contribution in [-0.2, 0) is 7.05 Å². The van der Waals surface area contributed by atoms with Gasteiger partial charge in [0.2, 0.25) is 0 Å². The SMILES string of the molecule is Cc1nc2cc(NC(C)C#N)ccc2n1C. The number of fused-ring (bicyclic) bond motifs is 1. The second kappa shape index (κ2) is 3.86. The van der Waals surface area contributed by atoms with Crippen molar-refractivity contribution in [2.45, 2.75) is 19.9 Å². The molecule has 0 aliphatic carbocycles. The van der Waals surface area contributed by atoms with Crippen molar-refractivity contribution in [3.8, 4) is 6.07 Å². The highest BCUT2D eigenvalue weighted by Gasteiger charge is 2.05. The first-order chi connectivity index (χ1) is 7.61. The number of benzene rings is 1. The van der Waals surface area contributed by atoms with E-state index in [1.54, 1.807) is 0 Å². The van der Waals surface area contributed by atoms with Crippen molar-refractivity contribution >= 4 is 16.7 Å². The van der Waals surface area contributed by atoms with Gasteiger partial charge in [0.05, 0.1) is 17.1 Å². The summed E-state index contributed by atoms with van der Waals surface area (Å²) >= 11 is 0. The number of aryl methyl sites for hydroxylation is 2. The van der Waals surface area contributed by atoms with Crippen LogP contribution in [-0.4, -0.2) is 15.6 Å². The lowest BCUT2D eigenvalue weighted by atomic mass is 10.2. The number of hydrogen-bond donors (Lipinski definition) is 1. The third-order valence-corrected chi connectivity index (χ3v) is 2.68. The van der Waals surface area contributed by atoms with Crippen molar-refractivity contribution < 1.29 is 0 Å². The molecule has 0 aliphatic rings. The largest absolute Gasteiger partial charge is 0.370 e. The average molecular weight is 214 g/mol. The van der Waals surface area contributed by atoms with Crippen LogP contribution in [0.1, 0.15) is 12.7 Å². The minimum absolute atomic E-state index is 0.192. The first-order valence-electron chi connectivity index (χ1n) is 5.21. The highest BCUT2D eigenvalue weighted by atomic mass is 15.1. The van der Waals surface area contributed by atoms with Gasteiger partial charge >= 0.3 is 0 Å². The third-order valence-electron chi connectivity index (χ3n) is 2.68. The first kappa shape index (κ1) is 10.5. The van der Waals surface area contributed by atoms with Crippen LogP contribution in [0.4, 0.5) is 5.69 Å². The highest BCUT2D eigenvalue weighted by molar-refractivity contribution is 5.80. The zero-order valence-corrected chi connectivity index (χ0v) is 9.65. The van der Waals surface area contributed by atoms with Crippen LogP contribution in [0, 0.1) is 18.3 Å². The molecule has 1 heterocycles. The number of imidazole rings is 1. The van der Waals surface area contributed by atoms with Crippen LogP contribution < -0.4 is 5.32 Å². The molecule has 1 aromatic heterocycles. The van der Waals surface area contributed by atoms with Crippen LogP contribution in [0.3, 0.4) is 0 Å². The Morgan fingerprint density at radius 2 is 2.25 bits per heavy atom. The number of nitrogens with zero attached hydrogens (tertiary/aromatic N) is 3. The maximum absolute atomic E-state index is 8.73. The van der Waals surface area contributed by atoms with Gasteiger partial charge in [-0.15, -0.1) is 0 Å². The van der Waals surface area contributed by atoms with Gasteiger partial charge in [0.1, 0.15) is 11.9 Å². The Hall–Kier alpha value is -2.02. The van der Waals surface area contributed by atoms with Crippen molar-refractivity contribution in [1.29, 1.82) is 5.26 Å². The smallest absolute Gasteiger partial charge is 0.111 e. The molecule has 0 bridgehead atoms. The Labute approximate surface area is 94.5 Å². The summed E-state index contributed by atoms with van der Waals surface area (Å²) in [5.41, 5.74) is 2.99. The maximum atomic E-state index is 8.73. The molecule has 1 atom stereocenters. The van der Waals surface area contributed by atoms with Gasteiger partial charge in [0, 0.05) is 12.7 Å². The molecule has 0 amide bonds. The van der Waals surface area contributed by atoms with E-state index in [4.69, 9.17) is 5.26 Å². The van der Waals surface area contributed by atoms with E-state index in [1.165, 1.54) is 0 Å². The number of aromatic nitrogens is 2. The fourth-order valence-corrected chi connectivity index (χ4v) is 1.69. The molecule has 1 aromatic carbocycles. The Morgan fingerprint density at radius 1 is 1.50 bits per heavy atom. The summed E-state index contributed by atoms with van der Waals surface area (Å²) in [7, 11) is 2.00. The van der Waals surface area contributed by atoms with Crippen molar-refractivity contribution in [2.75, 3.05) is 5.32 Å². The predicted molar refractivity (Wildman–Crippen MR) is 64.1 cm³/mol. The van der Waals surface area contributed by atoms with E-state index in [1.807, 2.05) is 43.7 Å². The number of nitriles is 1. The monoisotopic (exact) mass is 214 g/mol. The molecule has 0 radical (unpaired) electrons. The lowest BCUT2D eigenvalue weighted by Gasteiger charge is -2.07. The van der Waals surface area contributed by atoms with Crippen molar-refractivity contribution in [3.05, 3.63) is 24.0 Å². The second-order valence-electron chi connectivity index (χ2n) is 3.92. The van der Waals surface area contributed by atoms with E-state index in [0.717, 1.165) is 22.5 Å². The van der Waals surface area contributed by atoms with E-state index in [9.17, 15) is 0 Å². The molecule has 0 saturated heterocycles. The molecule has 4 nitrogen and oxygen atoms in total. The van der Waals surface area contributed by atoms with Gasteiger partial charge in [-0.1, -0.05) is 0 Å². The summed E-state index contributed by atoms with van der Waals surface area (Å²) in [6.45, 7) is 3.80. The van der Waals surface area contributed by atoms with E-state index in [0.29, 0.717) is 0 Å². The van der Waals surface area contributed by atoms with Crippen LogP contribution in [0.5, 0.6) is 0 Å². The van der Waals surface area contributed by atoms with Crippen LogP contribution in [0.2, 0.25) is 0 Å². The van der Waals surface area contributed by atoms with E-state index < -0.39 is 0 Å². The van der Waals surface area contributed by atoms with Crippen molar-refractivity contribution in [1.82, 2.24) is 9.55 Å². The molecule has 2 rings (SSSR count). The summed E-state index contributed by atoms with van der Waals surface area (Å²) in [5.74, 6) is 0.987. The number of hydrogen-bond acceptors (Lipinski definition) is 3. The quantitative estimate of drug-likeness (QED) is 0.833. The van der Waals surface area contributed by atoms with Gasteiger partial charge in [-0.2, -0.15) is 5.26 Å². The molecule has 82 valence electrons. The third kappa shape index (κ3) is 1.72. The molecule has 0 fully saturated rings. The van der Waals surface area contributed by atoms with E-state index in [-0.39, 0.29) is 6.04 Å². The molecule has 0 saturated carbocycles. The number of rotatable bonds is 2. The minimum Gasteiger partial charge on any atom is -0.370 e. The minimum atomic E-state index is -0.192. The van der Waals surface area contributed by atoms with Crippen LogP contribution in [0.15, 0.2) is 18.2 Å². The summed E-state index contributed by atoms with van der Waals surface area (Å²) in [6.07, 6.45) is 0. The molecular weight excluding hydrogens is 200 g/mol. The molecule has 1 N–H and O–H groups in total. The van der Waals surface area contributed by atoms with Gasteiger partial charge in [-0.05, 0) is 32.0 Å².